The van der Waals surface area contributed by atoms with Gasteiger partial charge in [-0.05, 0) is 32.8 Å². The number of aromatic nitrogens is 5. The molecule has 4 aromatic rings. The molecule has 4 heterocycles. The SMILES string of the molecule is CCCCNc1cc(-c2ccc(C3=N[C@@H](CC(=O)O)c4nnc(C)n4-c4sc(C)c(C)c43)cc2)ncn1. The number of fused-ring (bicyclic) bond motifs is 3. The van der Waals surface area contributed by atoms with Crippen molar-refractivity contribution in [1.29, 1.82) is 0 Å². The van der Waals surface area contributed by atoms with Crippen LogP contribution < -0.4 is 5.32 Å². The van der Waals surface area contributed by atoms with Crippen LogP contribution in [0, 0.1) is 20.8 Å². The fourth-order valence-electron chi connectivity index (χ4n) is 4.49. The Labute approximate surface area is 219 Å². The molecule has 0 radical (unpaired) electrons. The highest BCUT2D eigenvalue weighted by molar-refractivity contribution is 7.15. The number of hydrogen-bond acceptors (Lipinski definition) is 8. The minimum absolute atomic E-state index is 0.165. The Bertz CT molecular complexity index is 1490. The Morgan fingerprint density at radius 2 is 1.86 bits per heavy atom. The zero-order valence-electron chi connectivity index (χ0n) is 21.3. The van der Waals surface area contributed by atoms with Gasteiger partial charge in [-0.25, -0.2) is 9.97 Å². The third kappa shape index (κ3) is 4.76. The zero-order valence-corrected chi connectivity index (χ0v) is 22.1. The minimum Gasteiger partial charge on any atom is -0.481 e. The summed E-state index contributed by atoms with van der Waals surface area (Å²) in [6.07, 6.45) is 3.61. The molecule has 0 saturated carbocycles. The molecule has 5 rings (SSSR count). The van der Waals surface area contributed by atoms with Gasteiger partial charge in [-0.3, -0.25) is 14.4 Å². The van der Waals surface area contributed by atoms with E-state index in [9.17, 15) is 9.90 Å². The molecule has 37 heavy (non-hydrogen) atoms. The van der Waals surface area contributed by atoms with E-state index in [2.05, 4.69) is 46.3 Å². The lowest BCUT2D eigenvalue weighted by Crippen LogP contribution is -2.10. The maximum absolute atomic E-state index is 11.7. The van der Waals surface area contributed by atoms with Gasteiger partial charge in [0.15, 0.2) is 5.82 Å². The van der Waals surface area contributed by atoms with E-state index in [-0.39, 0.29) is 6.42 Å². The highest BCUT2D eigenvalue weighted by Gasteiger charge is 2.32. The van der Waals surface area contributed by atoms with Crippen molar-refractivity contribution in [2.45, 2.75) is 53.0 Å². The highest BCUT2D eigenvalue weighted by Crippen LogP contribution is 2.39. The smallest absolute Gasteiger partial charge is 0.306 e. The number of thiophene rings is 1. The van der Waals surface area contributed by atoms with E-state index in [1.165, 1.54) is 4.88 Å². The van der Waals surface area contributed by atoms with E-state index in [1.54, 1.807) is 17.7 Å². The third-order valence-corrected chi connectivity index (χ3v) is 7.76. The zero-order chi connectivity index (χ0) is 26.1. The summed E-state index contributed by atoms with van der Waals surface area (Å²) in [5, 5.41) is 22.5. The highest BCUT2D eigenvalue weighted by atomic mass is 32.1. The molecule has 10 heteroatoms. The molecule has 1 atom stereocenters. The number of unbranched alkanes of at least 4 members (excludes halogenated alkanes) is 1. The number of rotatable bonds is 8. The topological polar surface area (TPSA) is 118 Å². The molecular weight excluding hydrogens is 486 g/mol. The van der Waals surface area contributed by atoms with E-state index >= 15 is 0 Å². The van der Waals surface area contributed by atoms with Gasteiger partial charge in [0.1, 0.15) is 29.0 Å². The van der Waals surface area contributed by atoms with Crippen molar-refractivity contribution in [1.82, 2.24) is 24.7 Å². The number of aryl methyl sites for hydroxylation is 2. The molecule has 0 amide bonds. The van der Waals surface area contributed by atoms with Crippen LogP contribution in [-0.2, 0) is 4.79 Å². The molecule has 1 aliphatic heterocycles. The van der Waals surface area contributed by atoms with Gasteiger partial charge < -0.3 is 10.4 Å². The molecule has 0 bridgehead atoms. The van der Waals surface area contributed by atoms with Crippen LogP contribution in [0.3, 0.4) is 0 Å². The first kappa shape index (κ1) is 24.8. The standard InChI is InChI=1S/C27H29N7O2S/c1-5-6-11-28-22-12-20(29-14-30-22)18-7-9-19(10-8-18)25-24-15(2)16(3)37-27(24)34-17(4)32-33-26(34)21(31-25)13-23(35)36/h7-10,12,14,21H,5-6,11,13H2,1-4H3,(H,35,36)(H,28,29,30)/t21-/m0/s1. The van der Waals surface area contributed by atoms with Crippen LogP contribution in [0.25, 0.3) is 16.3 Å². The maximum Gasteiger partial charge on any atom is 0.306 e. The van der Waals surface area contributed by atoms with Gasteiger partial charge in [0, 0.05) is 34.2 Å². The van der Waals surface area contributed by atoms with E-state index in [0.29, 0.717) is 11.6 Å². The molecule has 0 spiro atoms. The predicted molar refractivity (Wildman–Crippen MR) is 145 cm³/mol. The van der Waals surface area contributed by atoms with Crippen LogP contribution >= 0.6 is 11.3 Å². The van der Waals surface area contributed by atoms with Crippen LogP contribution in [-0.4, -0.2) is 48.1 Å². The molecule has 0 fully saturated rings. The Morgan fingerprint density at radius 3 is 2.59 bits per heavy atom. The molecule has 1 aromatic carbocycles. The van der Waals surface area contributed by atoms with Crippen molar-refractivity contribution < 1.29 is 9.90 Å². The van der Waals surface area contributed by atoms with E-state index in [0.717, 1.165) is 63.9 Å². The van der Waals surface area contributed by atoms with Crippen molar-refractivity contribution in [3.05, 3.63) is 69.9 Å². The number of benzene rings is 1. The number of anilines is 1. The lowest BCUT2D eigenvalue weighted by molar-refractivity contribution is -0.137. The van der Waals surface area contributed by atoms with Gasteiger partial charge in [0.25, 0.3) is 0 Å². The second-order valence-electron chi connectivity index (χ2n) is 9.14. The fourth-order valence-corrected chi connectivity index (χ4v) is 5.71. The second kappa shape index (κ2) is 10.2. The maximum atomic E-state index is 11.7. The molecule has 0 saturated heterocycles. The first-order chi connectivity index (χ1) is 17.9. The Balaban J connectivity index is 1.57. The summed E-state index contributed by atoms with van der Waals surface area (Å²) in [5.41, 5.74) is 5.59. The van der Waals surface area contributed by atoms with Crippen molar-refractivity contribution in [3.63, 3.8) is 0 Å². The summed E-state index contributed by atoms with van der Waals surface area (Å²) < 4.78 is 1.96. The number of nitrogens with one attached hydrogen (secondary N) is 1. The second-order valence-corrected chi connectivity index (χ2v) is 10.3. The van der Waals surface area contributed by atoms with Crippen LogP contribution in [0.4, 0.5) is 5.82 Å². The molecule has 0 aliphatic carbocycles. The number of nitrogens with zero attached hydrogens (tertiary/aromatic N) is 6. The number of carboxylic acids is 1. The van der Waals surface area contributed by atoms with Crippen LogP contribution in [0.15, 0.2) is 41.7 Å². The lowest BCUT2D eigenvalue weighted by atomic mass is 9.98. The van der Waals surface area contributed by atoms with Gasteiger partial charge >= 0.3 is 5.97 Å². The van der Waals surface area contributed by atoms with E-state index in [4.69, 9.17) is 4.99 Å². The van der Waals surface area contributed by atoms with Crippen molar-refractivity contribution in [3.8, 4) is 16.3 Å². The summed E-state index contributed by atoms with van der Waals surface area (Å²) in [6, 6.07) is 9.39. The molecule has 3 aromatic heterocycles. The molecular formula is C27H29N7O2S. The molecule has 190 valence electrons. The Morgan fingerprint density at radius 1 is 1.11 bits per heavy atom. The van der Waals surface area contributed by atoms with Gasteiger partial charge in [-0.15, -0.1) is 21.5 Å². The van der Waals surface area contributed by atoms with Gasteiger partial charge in [-0.2, -0.15) is 0 Å². The quantitative estimate of drug-likeness (QED) is 0.306. The monoisotopic (exact) mass is 515 g/mol. The van der Waals surface area contributed by atoms with E-state index in [1.807, 2.05) is 41.8 Å². The van der Waals surface area contributed by atoms with Crippen LogP contribution in [0.1, 0.15) is 65.4 Å². The first-order valence-electron chi connectivity index (χ1n) is 12.4. The number of hydrogen-bond donors (Lipinski definition) is 2. The normalized spacial score (nSPS) is 14.5. The Kier molecular flexibility index (Phi) is 6.84. The molecule has 2 N–H and O–H groups in total. The van der Waals surface area contributed by atoms with Gasteiger partial charge in [-0.1, -0.05) is 37.6 Å². The first-order valence-corrected chi connectivity index (χ1v) is 13.2. The minimum atomic E-state index is -0.930. The summed E-state index contributed by atoms with van der Waals surface area (Å²) >= 11 is 1.65. The summed E-state index contributed by atoms with van der Waals surface area (Å²) in [5.74, 6) is 1.14. The van der Waals surface area contributed by atoms with Crippen molar-refractivity contribution in [2.75, 3.05) is 11.9 Å². The number of aliphatic carboxylic acids is 1. The average Bonchev–Trinajstić information content (AvgIpc) is 3.36. The molecule has 9 nitrogen and oxygen atoms in total. The summed E-state index contributed by atoms with van der Waals surface area (Å²) in [6.45, 7) is 9.09. The Hall–Kier alpha value is -3.92. The van der Waals surface area contributed by atoms with Crippen molar-refractivity contribution in [2.24, 2.45) is 4.99 Å². The third-order valence-electron chi connectivity index (χ3n) is 6.57. The molecule has 1 aliphatic rings. The lowest BCUT2D eigenvalue weighted by Gasteiger charge is -2.11. The van der Waals surface area contributed by atoms with Crippen LogP contribution in [0.5, 0.6) is 0 Å². The van der Waals surface area contributed by atoms with Crippen LogP contribution in [0.2, 0.25) is 0 Å². The number of carboxylic acid groups (broad SMARTS) is 1. The van der Waals surface area contributed by atoms with Gasteiger partial charge in [0.05, 0.1) is 17.8 Å². The van der Waals surface area contributed by atoms with Gasteiger partial charge in [0.2, 0.25) is 0 Å². The average molecular weight is 516 g/mol. The summed E-state index contributed by atoms with van der Waals surface area (Å²) in [7, 11) is 0. The number of carbonyl (C=O) groups is 1. The number of aliphatic imine (C=N–C) groups is 1. The molecule has 0 unspecified atom stereocenters. The summed E-state index contributed by atoms with van der Waals surface area (Å²) in [4.78, 5) is 26.7. The largest absolute Gasteiger partial charge is 0.481 e. The van der Waals surface area contributed by atoms with E-state index < -0.39 is 12.0 Å². The predicted octanol–water partition coefficient (Wildman–Crippen LogP) is 5.29. The van der Waals surface area contributed by atoms with Crippen molar-refractivity contribution >= 4 is 28.8 Å². The fraction of sp³-hybridized carbons (Fsp3) is 0.333.